The zero-order chi connectivity index (χ0) is 10.9. The Balaban J connectivity index is 3.40. The minimum absolute atomic E-state index is 0.256. The molecule has 1 aromatic rings. The first-order valence-corrected chi connectivity index (χ1v) is 4.40. The van der Waals surface area contributed by atoms with Crippen LogP contribution < -0.4 is 0 Å². The van der Waals surface area contributed by atoms with Crippen LogP contribution in [0.15, 0.2) is 6.07 Å². The van der Waals surface area contributed by atoms with Gasteiger partial charge >= 0.3 is 0 Å². The summed E-state index contributed by atoms with van der Waals surface area (Å²) >= 11 is 15.9. The molecule has 1 heterocycles. The van der Waals surface area contributed by atoms with Gasteiger partial charge in [0.05, 0.1) is 5.02 Å². The number of carbonyl (C=O) groups excluding carboxylic acids is 1. The highest BCUT2D eigenvalue weighted by Crippen LogP contribution is 2.31. The van der Waals surface area contributed by atoms with Crippen molar-refractivity contribution < 1.29 is 13.6 Å². The van der Waals surface area contributed by atoms with E-state index < -0.39 is 27.9 Å². The van der Waals surface area contributed by atoms with E-state index in [1.807, 2.05) is 0 Å². The van der Waals surface area contributed by atoms with Crippen LogP contribution in [0.1, 0.15) is 22.5 Å². The Bertz CT molecular complexity index is 383. The van der Waals surface area contributed by atoms with E-state index in [9.17, 15) is 13.6 Å². The average Bonchev–Trinajstić information content (AvgIpc) is 2.07. The summed E-state index contributed by atoms with van der Waals surface area (Å²) in [5.74, 6) is 0. The molecule has 0 unspecified atom stereocenters. The molecule has 0 saturated heterocycles. The van der Waals surface area contributed by atoms with Crippen LogP contribution in [0.4, 0.5) is 8.78 Å². The van der Waals surface area contributed by atoms with Gasteiger partial charge in [-0.15, -0.1) is 0 Å². The van der Waals surface area contributed by atoms with Crippen molar-refractivity contribution in [2.75, 3.05) is 0 Å². The van der Waals surface area contributed by atoms with Crippen molar-refractivity contribution >= 4 is 40.0 Å². The normalized spacial score (nSPS) is 10.7. The molecule has 0 aliphatic heterocycles. The number of rotatable bonds is 2. The van der Waals surface area contributed by atoms with Gasteiger partial charge < -0.3 is 0 Å². The maximum atomic E-state index is 12.3. The number of pyridine rings is 1. The van der Waals surface area contributed by atoms with Crippen molar-refractivity contribution in [3.63, 3.8) is 0 Å². The van der Waals surface area contributed by atoms with Gasteiger partial charge in [0.25, 0.3) is 11.7 Å². The molecule has 0 aliphatic rings. The Kier molecular flexibility index (Phi) is 3.64. The van der Waals surface area contributed by atoms with E-state index in [0.717, 1.165) is 6.07 Å². The average molecular weight is 260 g/mol. The van der Waals surface area contributed by atoms with Crippen LogP contribution in [0.5, 0.6) is 0 Å². The fraction of sp³-hybridized carbons (Fsp3) is 0.143. The molecule has 0 N–H and O–H groups in total. The van der Waals surface area contributed by atoms with Crippen LogP contribution in [0.2, 0.25) is 10.2 Å². The van der Waals surface area contributed by atoms with Crippen LogP contribution in [0, 0.1) is 0 Å². The second-order valence-corrected chi connectivity index (χ2v) is 3.38. The Hall–Kier alpha value is -0.450. The third-order valence-corrected chi connectivity index (χ3v) is 2.15. The summed E-state index contributed by atoms with van der Waals surface area (Å²) in [6, 6.07) is 0.887. The first-order valence-electron chi connectivity index (χ1n) is 3.27. The predicted octanol–water partition coefficient (Wildman–Crippen LogP) is 3.71. The van der Waals surface area contributed by atoms with Crippen LogP contribution in [-0.4, -0.2) is 10.2 Å². The fourth-order valence-corrected chi connectivity index (χ4v) is 1.46. The molecule has 0 spiro atoms. The van der Waals surface area contributed by atoms with Gasteiger partial charge in [0.1, 0.15) is 10.8 Å². The molecular weight excluding hydrogens is 258 g/mol. The summed E-state index contributed by atoms with van der Waals surface area (Å²) in [4.78, 5) is 14.1. The van der Waals surface area contributed by atoms with Gasteiger partial charge in [-0.2, -0.15) is 0 Å². The van der Waals surface area contributed by atoms with Gasteiger partial charge in [0, 0.05) is 5.56 Å². The van der Waals surface area contributed by atoms with Crippen molar-refractivity contribution in [1.82, 2.24) is 4.98 Å². The molecule has 14 heavy (non-hydrogen) atoms. The summed E-state index contributed by atoms with van der Waals surface area (Å²) in [5, 5.41) is -1.75. The van der Waals surface area contributed by atoms with Gasteiger partial charge in [0.15, 0.2) is 0 Å². The summed E-state index contributed by atoms with van der Waals surface area (Å²) in [5.41, 5.74) is -1.02. The number of halogens is 5. The molecule has 0 bridgehead atoms. The molecule has 0 aromatic carbocycles. The highest BCUT2D eigenvalue weighted by atomic mass is 35.5. The first-order chi connectivity index (χ1) is 6.43. The molecule has 0 radical (unpaired) electrons. The van der Waals surface area contributed by atoms with Crippen LogP contribution in [-0.2, 0) is 0 Å². The highest BCUT2D eigenvalue weighted by Gasteiger charge is 2.20. The lowest BCUT2D eigenvalue weighted by Gasteiger charge is -2.05. The highest BCUT2D eigenvalue weighted by molar-refractivity contribution is 6.68. The molecular formula is C7H2Cl3F2NO. The molecule has 0 fully saturated rings. The van der Waals surface area contributed by atoms with Crippen molar-refractivity contribution in [1.29, 1.82) is 0 Å². The quantitative estimate of drug-likeness (QED) is 0.599. The lowest BCUT2D eigenvalue weighted by molar-refractivity contribution is 0.107. The van der Waals surface area contributed by atoms with Crippen LogP contribution in [0.25, 0.3) is 0 Å². The second kappa shape index (κ2) is 4.38. The molecule has 0 saturated carbocycles. The van der Waals surface area contributed by atoms with Gasteiger partial charge in [-0.05, 0) is 17.7 Å². The lowest BCUT2D eigenvalue weighted by Crippen LogP contribution is -2.00. The predicted molar refractivity (Wildman–Crippen MR) is 49.4 cm³/mol. The smallest absolute Gasteiger partial charge is 0.272 e. The Morgan fingerprint density at radius 2 is 2.00 bits per heavy atom. The number of aromatic nitrogens is 1. The summed E-state index contributed by atoms with van der Waals surface area (Å²) in [6.45, 7) is 0. The summed E-state index contributed by atoms with van der Waals surface area (Å²) < 4.78 is 24.7. The van der Waals surface area contributed by atoms with Crippen molar-refractivity contribution in [3.05, 3.63) is 27.5 Å². The molecule has 1 aromatic heterocycles. The topological polar surface area (TPSA) is 30.0 Å². The van der Waals surface area contributed by atoms with Crippen molar-refractivity contribution in [2.45, 2.75) is 6.43 Å². The zero-order valence-corrected chi connectivity index (χ0v) is 8.67. The maximum absolute atomic E-state index is 12.3. The number of alkyl halides is 2. The van der Waals surface area contributed by atoms with E-state index in [1.165, 1.54) is 0 Å². The number of carbonyl (C=O) groups is 1. The molecule has 0 aliphatic carbocycles. The zero-order valence-electron chi connectivity index (χ0n) is 6.40. The largest absolute Gasteiger partial charge is 0.274 e. The third kappa shape index (κ3) is 2.32. The number of hydrogen-bond acceptors (Lipinski definition) is 2. The Labute approximate surface area is 92.8 Å². The first kappa shape index (κ1) is 11.6. The van der Waals surface area contributed by atoms with Gasteiger partial charge in [-0.3, -0.25) is 4.79 Å². The van der Waals surface area contributed by atoms with E-state index >= 15 is 0 Å². The number of nitrogens with zero attached hydrogens (tertiary/aromatic N) is 1. The van der Waals surface area contributed by atoms with Gasteiger partial charge in [-0.25, -0.2) is 13.8 Å². The van der Waals surface area contributed by atoms with E-state index in [0.29, 0.717) is 0 Å². The molecule has 0 atom stereocenters. The molecule has 76 valence electrons. The molecule has 1 rings (SSSR count). The third-order valence-electron chi connectivity index (χ3n) is 1.38. The van der Waals surface area contributed by atoms with Crippen LogP contribution >= 0.6 is 34.8 Å². The maximum Gasteiger partial charge on any atom is 0.272 e. The molecule has 0 amide bonds. The van der Waals surface area contributed by atoms with Crippen molar-refractivity contribution in [3.8, 4) is 0 Å². The van der Waals surface area contributed by atoms with E-state index in [2.05, 4.69) is 4.98 Å². The van der Waals surface area contributed by atoms with Gasteiger partial charge in [0.2, 0.25) is 0 Å². The monoisotopic (exact) mass is 259 g/mol. The van der Waals surface area contributed by atoms with Crippen LogP contribution in [0.3, 0.4) is 0 Å². The van der Waals surface area contributed by atoms with E-state index in [-0.39, 0.29) is 5.15 Å². The fourth-order valence-electron chi connectivity index (χ4n) is 0.806. The van der Waals surface area contributed by atoms with Gasteiger partial charge in [-0.1, -0.05) is 23.2 Å². The SMILES string of the molecule is O=C(Cl)c1nc(Cl)cc(C(F)F)c1Cl. The van der Waals surface area contributed by atoms with E-state index in [1.54, 1.807) is 0 Å². The molecule has 2 nitrogen and oxygen atoms in total. The Morgan fingerprint density at radius 3 is 2.43 bits per heavy atom. The summed E-state index contributed by atoms with van der Waals surface area (Å²) in [7, 11) is 0. The lowest BCUT2D eigenvalue weighted by atomic mass is 10.2. The second-order valence-electron chi connectivity index (χ2n) is 2.27. The van der Waals surface area contributed by atoms with Crippen molar-refractivity contribution in [2.24, 2.45) is 0 Å². The number of hydrogen-bond donors (Lipinski definition) is 0. The molecule has 7 heteroatoms. The summed E-state index contributed by atoms with van der Waals surface area (Å²) in [6.07, 6.45) is -2.84. The standard InChI is InChI=1S/C7H2Cl3F2NO/c8-3-1-2(7(11)12)4(9)5(13-3)6(10)14/h1,7H. The Morgan fingerprint density at radius 1 is 1.43 bits per heavy atom. The minimum atomic E-state index is -2.84. The minimum Gasteiger partial charge on any atom is -0.274 e. The van der Waals surface area contributed by atoms with E-state index in [4.69, 9.17) is 34.8 Å².